The average Bonchev–Trinajstić information content (AvgIpc) is 3.12. The number of Topliss-reactive ketones (excluding diaryl/α,β-unsaturated/α-hetero) is 1. The molecule has 4 rings (SSSR count). The third kappa shape index (κ3) is 4.99. The van der Waals surface area contributed by atoms with Gasteiger partial charge < -0.3 is 19.5 Å². The molecule has 0 radical (unpaired) electrons. The molecule has 7 heteroatoms. The molecule has 7 nitrogen and oxygen atoms in total. The van der Waals surface area contributed by atoms with E-state index in [0.717, 1.165) is 13.1 Å². The Morgan fingerprint density at radius 2 is 1.85 bits per heavy atom. The maximum atomic E-state index is 13.1. The molecule has 172 valence electrons. The van der Waals surface area contributed by atoms with Gasteiger partial charge in [-0.1, -0.05) is 55.1 Å². The number of carbonyl (C=O) groups excluding carboxylic acids is 2. The smallest absolute Gasteiger partial charge is 0.295 e. The molecule has 1 unspecified atom stereocenters. The van der Waals surface area contributed by atoms with Crippen LogP contribution in [0.25, 0.3) is 5.76 Å². The molecule has 2 aliphatic rings. The summed E-state index contributed by atoms with van der Waals surface area (Å²) in [6.45, 7) is 7.85. The number of aliphatic hydroxyl groups excluding tert-OH is 1. The molecule has 1 atom stereocenters. The van der Waals surface area contributed by atoms with Gasteiger partial charge >= 0.3 is 0 Å². The number of morpholine rings is 1. The van der Waals surface area contributed by atoms with Crippen molar-refractivity contribution < 1.29 is 24.2 Å². The van der Waals surface area contributed by atoms with Crippen LogP contribution < -0.4 is 4.74 Å². The minimum absolute atomic E-state index is 0.0917. The SMILES string of the molecule is C=CCOc1cccc(C2/C(=C(\O)c3ccccc3)C(=O)C(=O)N2CCN2CCOCC2)c1. The molecule has 2 aliphatic heterocycles. The van der Waals surface area contributed by atoms with Crippen LogP contribution >= 0.6 is 0 Å². The number of aliphatic hydroxyl groups is 1. The van der Waals surface area contributed by atoms with E-state index in [-0.39, 0.29) is 11.3 Å². The van der Waals surface area contributed by atoms with E-state index in [1.54, 1.807) is 41.3 Å². The van der Waals surface area contributed by atoms with Crippen molar-refractivity contribution in [3.63, 3.8) is 0 Å². The van der Waals surface area contributed by atoms with Crippen LogP contribution in [0, 0.1) is 0 Å². The van der Waals surface area contributed by atoms with Crippen molar-refractivity contribution >= 4 is 17.4 Å². The third-order valence-corrected chi connectivity index (χ3v) is 5.89. The van der Waals surface area contributed by atoms with Crippen LogP contribution in [0.4, 0.5) is 0 Å². The van der Waals surface area contributed by atoms with Crippen molar-refractivity contribution in [2.75, 3.05) is 46.0 Å². The number of nitrogens with zero attached hydrogens (tertiary/aromatic N) is 2. The number of amides is 1. The van der Waals surface area contributed by atoms with E-state index >= 15 is 0 Å². The predicted octanol–water partition coefficient (Wildman–Crippen LogP) is 3.01. The molecule has 0 spiro atoms. The van der Waals surface area contributed by atoms with Gasteiger partial charge in [0.25, 0.3) is 11.7 Å². The van der Waals surface area contributed by atoms with Crippen molar-refractivity contribution in [1.29, 1.82) is 0 Å². The molecule has 0 aromatic heterocycles. The molecular weight excluding hydrogens is 420 g/mol. The number of likely N-dealkylation sites (tertiary alicyclic amines) is 1. The van der Waals surface area contributed by atoms with Crippen molar-refractivity contribution in [2.45, 2.75) is 6.04 Å². The van der Waals surface area contributed by atoms with E-state index < -0.39 is 17.7 Å². The molecular formula is C26H28N2O5. The van der Waals surface area contributed by atoms with E-state index in [1.807, 2.05) is 24.3 Å². The van der Waals surface area contributed by atoms with Crippen LogP contribution in [-0.2, 0) is 14.3 Å². The minimum Gasteiger partial charge on any atom is -0.507 e. The first-order valence-corrected chi connectivity index (χ1v) is 11.1. The van der Waals surface area contributed by atoms with Gasteiger partial charge in [0.15, 0.2) is 0 Å². The number of ketones is 1. The van der Waals surface area contributed by atoms with E-state index in [1.165, 1.54) is 0 Å². The fraction of sp³-hybridized carbons (Fsp3) is 0.308. The summed E-state index contributed by atoms with van der Waals surface area (Å²) in [5.41, 5.74) is 1.29. The Morgan fingerprint density at radius 1 is 1.09 bits per heavy atom. The van der Waals surface area contributed by atoms with Crippen LogP contribution in [-0.4, -0.2) is 72.6 Å². The number of rotatable bonds is 8. The van der Waals surface area contributed by atoms with Crippen molar-refractivity contribution in [2.24, 2.45) is 0 Å². The Labute approximate surface area is 193 Å². The van der Waals surface area contributed by atoms with Gasteiger partial charge in [0.1, 0.15) is 18.1 Å². The first kappa shape index (κ1) is 22.8. The number of carbonyl (C=O) groups is 2. The lowest BCUT2D eigenvalue weighted by atomic mass is 9.95. The zero-order chi connectivity index (χ0) is 23.2. The summed E-state index contributed by atoms with van der Waals surface area (Å²) in [6.07, 6.45) is 1.65. The molecule has 0 aliphatic carbocycles. The maximum absolute atomic E-state index is 13.1. The lowest BCUT2D eigenvalue weighted by molar-refractivity contribution is -0.140. The fourth-order valence-corrected chi connectivity index (χ4v) is 4.21. The summed E-state index contributed by atoms with van der Waals surface area (Å²) in [6, 6.07) is 15.4. The summed E-state index contributed by atoms with van der Waals surface area (Å²) < 4.78 is 11.1. The quantitative estimate of drug-likeness (QED) is 0.290. The average molecular weight is 449 g/mol. The van der Waals surface area contributed by atoms with Crippen molar-refractivity contribution in [3.05, 3.63) is 84.0 Å². The van der Waals surface area contributed by atoms with E-state index in [2.05, 4.69) is 11.5 Å². The second-order valence-electron chi connectivity index (χ2n) is 7.98. The van der Waals surface area contributed by atoms with E-state index in [0.29, 0.717) is 49.8 Å². The van der Waals surface area contributed by atoms with Gasteiger partial charge in [-0.3, -0.25) is 14.5 Å². The Hall–Kier alpha value is -3.42. The monoisotopic (exact) mass is 448 g/mol. The zero-order valence-corrected chi connectivity index (χ0v) is 18.5. The highest BCUT2D eigenvalue weighted by atomic mass is 16.5. The Morgan fingerprint density at radius 3 is 2.58 bits per heavy atom. The van der Waals surface area contributed by atoms with E-state index in [4.69, 9.17) is 9.47 Å². The van der Waals surface area contributed by atoms with E-state index in [9.17, 15) is 14.7 Å². The first-order chi connectivity index (χ1) is 16.1. The van der Waals surface area contributed by atoms with Gasteiger partial charge in [0.05, 0.1) is 24.8 Å². The van der Waals surface area contributed by atoms with Gasteiger partial charge in [-0.25, -0.2) is 0 Å². The molecule has 0 saturated carbocycles. The van der Waals surface area contributed by atoms with Gasteiger partial charge in [0, 0.05) is 31.7 Å². The van der Waals surface area contributed by atoms with Gasteiger partial charge in [-0.15, -0.1) is 0 Å². The Kier molecular flexibility index (Phi) is 7.22. The van der Waals surface area contributed by atoms with Gasteiger partial charge in [-0.05, 0) is 17.7 Å². The lowest BCUT2D eigenvalue weighted by Gasteiger charge is -2.31. The minimum atomic E-state index is -0.710. The normalized spacial score (nSPS) is 20.7. The first-order valence-electron chi connectivity index (χ1n) is 11.1. The summed E-state index contributed by atoms with van der Waals surface area (Å²) in [7, 11) is 0. The number of hydrogen-bond acceptors (Lipinski definition) is 6. The predicted molar refractivity (Wildman–Crippen MR) is 125 cm³/mol. The van der Waals surface area contributed by atoms with Crippen molar-refractivity contribution in [1.82, 2.24) is 9.80 Å². The zero-order valence-electron chi connectivity index (χ0n) is 18.5. The molecule has 2 heterocycles. The highest BCUT2D eigenvalue weighted by Gasteiger charge is 2.46. The van der Waals surface area contributed by atoms with Crippen LogP contribution in [0.15, 0.2) is 72.8 Å². The molecule has 2 fully saturated rings. The molecule has 1 amide bonds. The van der Waals surface area contributed by atoms with Crippen LogP contribution in [0.1, 0.15) is 17.2 Å². The summed E-state index contributed by atoms with van der Waals surface area (Å²) in [5.74, 6) is -0.861. The fourth-order valence-electron chi connectivity index (χ4n) is 4.21. The standard InChI is InChI=1S/C26H28N2O5/c1-2-15-33-21-10-6-9-20(18-21)23-22(24(29)19-7-4-3-5-8-19)25(30)26(31)28(23)12-11-27-13-16-32-17-14-27/h2-10,18,23,29H,1,11-17H2/b24-22+. The summed E-state index contributed by atoms with van der Waals surface area (Å²) in [5, 5.41) is 11.1. The number of ether oxygens (including phenoxy) is 2. The number of benzene rings is 2. The lowest BCUT2D eigenvalue weighted by Crippen LogP contribution is -2.42. The molecule has 2 aromatic rings. The Balaban J connectivity index is 1.73. The number of hydrogen-bond donors (Lipinski definition) is 1. The van der Waals surface area contributed by atoms with Gasteiger partial charge in [-0.2, -0.15) is 0 Å². The highest BCUT2D eigenvalue weighted by molar-refractivity contribution is 6.46. The molecule has 2 saturated heterocycles. The third-order valence-electron chi connectivity index (χ3n) is 5.89. The maximum Gasteiger partial charge on any atom is 0.295 e. The summed E-state index contributed by atoms with van der Waals surface area (Å²) >= 11 is 0. The second-order valence-corrected chi connectivity index (χ2v) is 7.98. The molecule has 0 bridgehead atoms. The molecule has 33 heavy (non-hydrogen) atoms. The molecule has 2 aromatic carbocycles. The Bertz CT molecular complexity index is 1040. The highest BCUT2D eigenvalue weighted by Crippen LogP contribution is 2.40. The van der Waals surface area contributed by atoms with Crippen LogP contribution in [0.2, 0.25) is 0 Å². The largest absolute Gasteiger partial charge is 0.507 e. The van der Waals surface area contributed by atoms with Crippen LogP contribution in [0.5, 0.6) is 5.75 Å². The summed E-state index contributed by atoms with van der Waals surface area (Å²) in [4.78, 5) is 30.0. The van der Waals surface area contributed by atoms with Crippen molar-refractivity contribution in [3.8, 4) is 5.75 Å². The molecule has 1 N–H and O–H groups in total. The second kappa shape index (κ2) is 10.5. The van der Waals surface area contributed by atoms with Gasteiger partial charge in [0.2, 0.25) is 0 Å². The topological polar surface area (TPSA) is 79.3 Å². The van der Waals surface area contributed by atoms with Crippen LogP contribution in [0.3, 0.4) is 0 Å².